The van der Waals surface area contributed by atoms with Crippen molar-refractivity contribution in [3.63, 3.8) is 0 Å². The summed E-state index contributed by atoms with van der Waals surface area (Å²) < 4.78 is 6.61. The van der Waals surface area contributed by atoms with Crippen molar-refractivity contribution < 1.29 is 19.7 Å². The monoisotopic (exact) mass is 499 g/mol. The van der Waals surface area contributed by atoms with Crippen LogP contribution in [0.4, 0.5) is 0 Å². The third-order valence-electron chi connectivity index (χ3n) is 10.6. The fraction of sp³-hybridized carbons (Fsp3) is 0.533. The number of amides is 1. The zero-order chi connectivity index (χ0) is 25.2. The van der Waals surface area contributed by atoms with Crippen LogP contribution in [0.2, 0.25) is 0 Å². The molecular weight excluding hydrogens is 466 g/mol. The highest BCUT2D eigenvalue weighted by molar-refractivity contribution is 5.97. The number of aromatic hydroxyl groups is 1. The van der Waals surface area contributed by atoms with Crippen molar-refractivity contribution in [3.8, 4) is 11.5 Å². The predicted octanol–water partition coefficient (Wildman–Crippen LogP) is 2.94. The maximum absolute atomic E-state index is 14.0. The number of phenolic OH excluding ortho intramolecular Hbond substituents is 1. The number of rotatable bonds is 5. The van der Waals surface area contributed by atoms with E-state index in [0.29, 0.717) is 24.3 Å². The minimum atomic E-state index is -1.40. The van der Waals surface area contributed by atoms with Gasteiger partial charge in [-0.05, 0) is 74.2 Å². The van der Waals surface area contributed by atoms with Gasteiger partial charge in [0.2, 0.25) is 0 Å². The summed E-state index contributed by atoms with van der Waals surface area (Å²) in [6.07, 6.45) is 10.8. The van der Waals surface area contributed by atoms with Crippen LogP contribution < -0.4 is 4.74 Å². The van der Waals surface area contributed by atoms with Crippen molar-refractivity contribution >= 4 is 5.91 Å². The standard InChI is InChI=1S/C30H33N3O4/c1-32(16-19-3-2-11-31-15-19)26(35)21-14-28-8-9-30(21,36)27-29(28)10-12-33(17-18-4-5-18)23(28)13-20-6-7-22(34)25(37-27)24(20)29/h2-3,6-7,11,14-15,18,23,27,34,36H,4-5,8-10,12-13,16-17H2,1H3/t23-,27-,28-,29+,30-/m1/s1. The summed E-state index contributed by atoms with van der Waals surface area (Å²) in [5.41, 5.74) is 1.64. The molecule has 1 amide bonds. The van der Waals surface area contributed by atoms with Gasteiger partial charge in [-0.15, -0.1) is 0 Å². The van der Waals surface area contributed by atoms with Gasteiger partial charge in [0.15, 0.2) is 11.5 Å². The molecule has 1 aromatic carbocycles. The fourth-order valence-electron chi connectivity index (χ4n) is 8.84. The second-order valence-electron chi connectivity index (χ2n) is 12.4. The number of piperidine rings is 1. The Bertz CT molecular complexity index is 1360. The molecule has 7 heteroatoms. The first-order chi connectivity index (χ1) is 17.9. The lowest BCUT2D eigenvalue weighted by Crippen LogP contribution is -2.78. The third kappa shape index (κ3) is 2.64. The maximum atomic E-state index is 14.0. The Balaban J connectivity index is 1.28. The van der Waals surface area contributed by atoms with E-state index in [0.717, 1.165) is 49.4 Å². The van der Waals surface area contributed by atoms with Gasteiger partial charge in [0, 0.05) is 55.1 Å². The Hall–Kier alpha value is -2.90. The van der Waals surface area contributed by atoms with Crippen LogP contribution in [0.5, 0.6) is 11.5 Å². The molecule has 2 saturated carbocycles. The lowest BCUT2D eigenvalue weighted by Gasteiger charge is -2.70. The lowest BCUT2D eigenvalue weighted by atomic mass is 9.38. The minimum Gasteiger partial charge on any atom is -0.504 e. The van der Waals surface area contributed by atoms with Gasteiger partial charge in [-0.1, -0.05) is 18.2 Å². The maximum Gasteiger partial charge on any atom is 0.252 e. The highest BCUT2D eigenvalue weighted by atomic mass is 16.5. The molecule has 1 aromatic heterocycles. The summed E-state index contributed by atoms with van der Waals surface area (Å²) in [6.45, 7) is 2.49. The largest absolute Gasteiger partial charge is 0.504 e. The molecule has 37 heavy (non-hydrogen) atoms. The molecule has 7 nitrogen and oxygen atoms in total. The van der Waals surface area contributed by atoms with Gasteiger partial charge in [-0.3, -0.25) is 14.7 Å². The number of pyridine rings is 1. The van der Waals surface area contributed by atoms with Gasteiger partial charge in [0.1, 0.15) is 11.7 Å². The molecule has 9 rings (SSSR count). The summed E-state index contributed by atoms with van der Waals surface area (Å²) in [5, 5.41) is 23.3. The second kappa shape index (κ2) is 7.14. The van der Waals surface area contributed by atoms with E-state index in [2.05, 4.69) is 22.0 Å². The quantitative estimate of drug-likeness (QED) is 0.658. The number of phenols is 1. The van der Waals surface area contributed by atoms with Gasteiger partial charge < -0.3 is 19.8 Å². The summed E-state index contributed by atoms with van der Waals surface area (Å²) in [4.78, 5) is 22.6. The third-order valence-corrected chi connectivity index (χ3v) is 10.6. The number of ether oxygens (including phenoxy) is 1. The normalized spacial score (nSPS) is 36.5. The topological polar surface area (TPSA) is 86.1 Å². The van der Waals surface area contributed by atoms with E-state index in [-0.39, 0.29) is 23.1 Å². The highest BCUT2D eigenvalue weighted by Gasteiger charge is 2.78. The SMILES string of the molecule is CN(Cc1cccnc1)C(=O)C1=C[C@@]23CC[C@]1(O)[C@@H]1Oc4c(O)ccc5c4[C@@]12CCN(CC1CC1)[C@@H]3C5. The van der Waals surface area contributed by atoms with Crippen LogP contribution in [-0.2, 0) is 23.2 Å². The number of hydrogen-bond acceptors (Lipinski definition) is 6. The molecule has 1 saturated heterocycles. The molecule has 192 valence electrons. The van der Waals surface area contributed by atoms with Crippen molar-refractivity contribution in [2.75, 3.05) is 20.1 Å². The van der Waals surface area contributed by atoms with Crippen LogP contribution in [0, 0.1) is 11.3 Å². The molecule has 4 bridgehead atoms. The van der Waals surface area contributed by atoms with Crippen LogP contribution in [0.3, 0.4) is 0 Å². The van der Waals surface area contributed by atoms with E-state index >= 15 is 0 Å². The lowest BCUT2D eigenvalue weighted by molar-refractivity contribution is -0.188. The molecule has 7 aliphatic rings. The first-order valence-electron chi connectivity index (χ1n) is 13.7. The number of carbonyl (C=O) groups is 1. The first-order valence-corrected chi connectivity index (χ1v) is 13.7. The number of carbonyl (C=O) groups excluding carboxylic acids is 1. The van der Waals surface area contributed by atoms with Crippen molar-refractivity contribution in [1.29, 1.82) is 0 Å². The average molecular weight is 500 g/mol. The molecule has 5 atom stereocenters. The van der Waals surface area contributed by atoms with Gasteiger partial charge in [-0.2, -0.15) is 0 Å². The smallest absolute Gasteiger partial charge is 0.252 e. The average Bonchev–Trinajstić information content (AvgIpc) is 3.64. The Morgan fingerprint density at radius 3 is 2.89 bits per heavy atom. The highest BCUT2D eigenvalue weighted by Crippen LogP contribution is 2.74. The summed E-state index contributed by atoms with van der Waals surface area (Å²) in [5.74, 6) is 1.30. The van der Waals surface area contributed by atoms with E-state index in [4.69, 9.17) is 4.74 Å². The van der Waals surface area contributed by atoms with Gasteiger partial charge in [0.05, 0.1) is 5.41 Å². The summed E-state index contributed by atoms with van der Waals surface area (Å²) in [6, 6.07) is 7.90. The molecule has 3 heterocycles. The van der Waals surface area contributed by atoms with Crippen molar-refractivity contribution in [2.45, 2.75) is 68.2 Å². The predicted molar refractivity (Wildman–Crippen MR) is 136 cm³/mol. The van der Waals surface area contributed by atoms with Crippen molar-refractivity contribution in [1.82, 2.24) is 14.8 Å². The first kappa shape index (κ1) is 22.1. The Kier molecular flexibility index (Phi) is 4.27. The van der Waals surface area contributed by atoms with E-state index in [1.54, 1.807) is 30.4 Å². The molecule has 2 aromatic rings. The summed E-state index contributed by atoms with van der Waals surface area (Å²) >= 11 is 0. The number of nitrogens with zero attached hydrogens (tertiary/aromatic N) is 3. The van der Waals surface area contributed by atoms with Crippen LogP contribution in [0.15, 0.2) is 48.3 Å². The van der Waals surface area contributed by atoms with E-state index in [1.807, 2.05) is 12.1 Å². The van der Waals surface area contributed by atoms with Crippen LogP contribution in [0.25, 0.3) is 0 Å². The van der Waals surface area contributed by atoms with Gasteiger partial charge >= 0.3 is 0 Å². The number of likely N-dealkylation sites (N-methyl/N-ethyl adjacent to an activating group) is 1. The molecule has 0 radical (unpaired) electrons. The van der Waals surface area contributed by atoms with Crippen molar-refractivity contribution in [3.05, 3.63) is 65.0 Å². The molecule has 0 unspecified atom stereocenters. The molecule has 2 aliphatic heterocycles. The van der Waals surface area contributed by atoms with Gasteiger partial charge in [-0.25, -0.2) is 0 Å². The van der Waals surface area contributed by atoms with E-state index in [1.165, 1.54) is 18.4 Å². The molecule has 3 fully saturated rings. The Morgan fingerprint density at radius 2 is 2.11 bits per heavy atom. The van der Waals surface area contributed by atoms with Crippen molar-refractivity contribution in [2.24, 2.45) is 11.3 Å². The number of hydrogen-bond donors (Lipinski definition) is 2. The molecule has 2 spiro atoms. The Labute approximate surface area is 216 Å². The summed E-state index contributed by atoms with van der Waals surface area (Å²) in [7, 11) is 1.80. The molecular formula is C30H33N3O4. The number of fused-ring (bicyclic) bond motifs is 1. The zero-order valence-corrected chi connectivity index (χ0v) is 21.2. The van der Waals surface area contributed by atoms with Crippen LogP contribution in [0.1, 0.15) is 48.8 Å². The Morgan fingerprint density at radius 1 is 1.24 bits per heavy atom. The van der Waals surface area contributed by atoms with Gasteiger partial charge in [0.25, 0.3) is 5.91 Å². The number of likely N-dealkylation sites (tertiary alicyclic amines) is 1. The van der Waals surface area contributed by atoms with Crippen LogP contribution >= 0.6 is 0 Å². The minimum absolute atomic E-state index is 0.140. The number of aliphatic hydroxyl groups is 1. The van der Waals surface area contributed by atoms with Crippen LogP contribution in [-0.4, -0.2) is 68.8 Å². The van der Waals surface area contributed by atoms with E-state index in [9.17, 15) is 15.0 Å². The molecule has 2 N–H and O–H groups in total. The molecule has 5 aliphatic carbocycles. The van der Waals surface area contributed by atoms with E-state index < -0.39 is 17.1 Å². The second-order valence-corrected chi connectivity index (χ2v) is 12.4. The number of benzene rings is 1. The number of aromatic nitrogens is 1. The fourth-order valence-corrected chi connectivity index (χ4v) is 8.84. The zero-order valence-electron chi connectivity index (χ0n) is 21.2.